The van der Waals surface area contributed by atoms with Gasteiger partial charge < -0.3 is 14.4 Å². The molecule has 40 heavy (non-hydrogen) atoms. The average molecular weight is 684 g/mol. The summed E-state index contributed by atoms with van der Waals surface area (Å²) in [6, 6.07) is 25.4. The van der Waals surface area contributed by atoms with Crippen molar-refractivity contribution in [2.75, 3.05) is 14.2 Å². The summed E-state index contributed by atoms with van der Waals surface area (Å²) in [6.07, 6.45) is 2.01. The highest BCUT2D eigenvalue weighted by Gasteiger charge is 2.23. The number of nitrogens with zero attached hydrogens (tertiary/aromatic N) is 3. The molecule has 0 saturated heterocycles. The lowest BCUT2D eigenvalue weighted by Crippen LogP contribution is -2.29. The fourth-order valence-corrected chi connectivity index (χ4v) is 5.79. The number of aryl methyl sites for hydroxylation is 1. The van der Waals surface area contributed by atoms with Crippen molar-refractivity contribution >= 4 is 51.4 Å². The van der Waals surface area contributed by atoms with E-state index in [-0.39, 0.29) is 5.91 Å². The van der Waals surface area contributed by atoms with Gasteiger partial charge >= 0.3 is 0 Å². The Bertz CT molecular complexity index is 1650. The number of hydrogen-bond acceptors (Lipinski definition) is 5. The predicted molar refractivity (Wildman–Crippen MR) is 169 cm³/mol. The third-order valence-electron chi connectivity index (χ3n) is 6.53. The lowest BCUT2D eigenvalue weighted by atomic mass is 10.1. The Kier molecular flexibility index (Phi) is 8.78. The summed E-state index contributed by atoms with van der Waals surface area (Å²) >= 11 is 9.81. The van der Waals surface area contributed by atoms with Gasteiger partial charge in [0.05, 0.1) is 47.9 Å². The van der Waals surface area contributed by atoms with E-state index in [1.165, 1.54) is 20.5 Å². The van der Waals surface area contributed by atoms with Crippen LogP contribution in [0, 0.1) is 10.5 Å². The molecule has 0 aliphatic rings. The van der Waals surface area contributed by atoms with Crippen LogP contribution in [0.2, 0.25) is 4.34 Å². The van der Waals surface area contributed by atoms with Crippen LogP contribution in [0.3, 0.4) is 0 Å². The Morgan fingerprint density at radius 1 is 0.975 bits per heavy atom. The molecule has 0 spiro atoms. The molecule has 9 heteroatoms. The Hall–Kier alpha value is -3.34. The highest BCUT2D eigenvalue weighted by Crippen LogP contribution is 2.31. The fraction of sp³-hybridized carbons (Fsp3) is 0.161. The van der Waals surface area contributed by atoms with Gasteiger partial charge in [-0.2, -0.15) is 5.10 Å². The lowest BCUT2D eigenvalue weighted by Gasteiger charge is -2.23. The van der Waals surface area contributed by atoms with E-state index in [9.17, 15) is 4.79 Å². The second-order valence-electron chi connectivity index (χ2n) is 9.19. The fourth-order valence-electron chi connectivity index (χ4n) is 4.45. The SMILES string of the molecule is COc1ccc(CN(Cc2cn(-c3ccc(I)c(C)c3)nc2-c2ccccc2)C(=O)c2ccc(Cl)s2)c(OC)c1. The van der Waals surface area contributed by atoms with Crippen LogP contribution in [-0.4, -0.2) is 34.8 Å². The van der Waals surface area contributed by atoms with Crippen LogP contribution in [0.15, 0.2) is 85.1 Å². The summed E-state index contributed by atoms with van der Waals surface area (Å²) in [5.74, 6) is 1.21. The molecule has 1 amide bonds. The second kappa shape index (κ2) is 12.4. The zero-order valence-electron chi connectivity index (χ0n) is 22.2. The van der Waals surface area contributed by atoms with Gasteiger partial charge in [0.1, 0.15) is 11.5 Å². The van der Waals surface area contributed by atoms with Crippen LogP contribution in [-0.2, 0) is 13.1 Å². The van der Waals surface area contributed by atoms with Crippen LogP contribution in [0.4, 0.5) is 0 Å². The lowest BCUT2D eigenvalue weighted by molar-refractivity contribution is 0.0734. The smallest absolute Gasteiger partial charge is 0.264 e. The third-order valence-corrected chi connectivity index (χ3v) is 8.96. The largest absolute Gasteiger partial charge is 0.497 e. The summed E-state index contributed by atoms with van der Waals surface area (Å²) in [7, 11) is 3.23. The van der Waals surface area contributed by atoms with Crippen molar-refractivity contribution in [1.29, 1.82) is 0 Å². The average Bonchev–Trinajstić information content (AvgIpc) is 3.60. The minimum Gasteiger partial charge on any atom is -0.497 e. The van der Waals surface area contributed by atoms with Gasteiger partial charge in [0.15, 0.2) is 0 Å². The summed E-state index contributed by atoms with van der Waals surface area (Å²) in [4.78, 5) is 16.3. The number of aromatic nitrogens is 2. The van der Waals surface area contributed by atoms with Gasteiger partial charge in [0.2, 0.25) is 0 Å². The van der Waals surface area contributed by atoms with E-state index in [0.29, 0.717) is 33.8 Å². The van der Waals surface area contributed by atoms with Crippen LogP contribution < -0.4 is 9.47 Å². The Balaban J connectivity index is 1.58. The van der Waals surface area contributed by atoms with Crippen molar-refractivity contribution in [1.82, 2.24) is 14.7 Å². The van der Waals surface area contributed by atoms with Crippen molar-refractivity contribution in [2.24, 2.45) is 0 Å². The molecule has 2 heterocycles. The Labute approximate surface area is 256 Å². The normalized spacial score (nSPS) is 10.9. The number of halogens is 2. The molecule has 0 aliphatic carbocycles. The predicted octanol–water partition coefficient (Wildman–Crippen LogP) is 8.03. The molecule has 0 fully saturated rings. The molecule has 0 aliphatic heterocycles. The minimum absolute atomic E-state index is 0.119. The van der Waals surface area contributed by atoms with Crippen LogP contribution in [0.1, 0.15) is 26.4 Å². The van der Waals surface area contributed by atoms with Gasteiger partial charge in [-0.3, -0.25) is 4.79 Å². The van der Waals surface area contributed by atoms with Gasteiger partial charge in [0, 0.05) is 32.5 Å². The highest BCUT2D eigenvalue weighted by atomic mass is 127. The molecule has 0 saturated carbocycles. The number of benzene rings is 3. The van der Waals surface area contributed by atoms with Gasteiger partial charge in [-0.15, -0.1) is 11.3 Å². The first-order valence-corrected chi connectivity index (χ1v) is 14.8. The molecule has 5 rings (SSSR count). The molecule has 2 aromatic heterocycles. The number of methoxy groups -OCH3 is 2. The van der Waals surface area contributed by atoms with E-state index in [1.807, 2.05) is 59.4 Å². The molecule has 0 atom stereocenters. The minimum atomic E-state index is -0.119. The first-order valence-electron chi connectivity index (χ1n) is 12.5. The summed E-state index contributed by atoms with van der Waals surface area (Å²) in [5, 5.41) is 4.99. The summed E-state index contributed by atoms with van der Waals surface area (Å²) in [5.41, 5.74) is 5.72. The molecule has 3 aromatic carbocycles. The first kappa shape index (κ1) is 28.2. The van der Waals surface area contributed by atoms with E-state index in [2.05, 4.69) is 47.7 Å². The Morgan fingerprint density at radius 3 is 2.42 bits per heavy atom. The zero-order chi connectivity index (χ0) is 28.2. The standard InChI is InChI=1S/C31H27ClIN3O3S/c1-20-15-24(10-12-26(20)33)36-19-23(30(34-36)21-7-5-4-6-8-21)18-35(31(37)28-13-14-29(32)40-28)17-22-9-11-25(38-2)16-27(22)39-3/h4-16,19H,17-18H2,1-3H3. The third kappa shape index (κ3) is 6.19. The van der Waals surface area contributed by atoms with Gasteiger partial charge in [-0.25, -0.2) is 4.68 Å². The van der Waals surface area contributed by atoms with Crippen molar-refractivity contribution in [3.8, 4) is 28.4 Å². The molecule has 5 aromatic rings. The summed E-state index contributed by atoms with van der Waals surface area (Å²) in [6.45, 7) is 2.74. The maximum absolute atomic E-state index is 13.9. The van der Waals surface area contributed by atoms with Gasteiger partial charge in [-0.1, -0.05) is 41.9 Å². The second-order valence-corrected chi connectivity index (χ2v) is 12.1. The summed E-state index contributed by atoms with van der Waals surface area (Å²) < 4.78 is 14.7. The molecule has 0 bridgehead atoms. The number of hydrogen-bond donors (Lipinski definition) is 0. The van der Waals surface area contributed by atoms with E-state index in [1.54, 1.807) is 31.3 Å². The molecule has 0 radical (unpaired) electrons. The maximum Gasteiger partial charge on any atom is 0.264 e. The van der Waals surface area contributed by atoms with Crippen LogP contribution in [0.25, 0.3) is 16.9 Å². The molecule has 204 valence electrons. The first-order chi connectivity index (χ1) is 19.4. The molecule has 0 N–H and O–H groups in total. The molecule has 6 nitrogen and oxygen atoms in total. The molecular formula is C31H27ClIN3O3S. The van der Waals surface area contributed by atoms with Crippen molar-refractivity contribution < 1.29 is 14.3 Å². The van der Waals surface area contributed by atoms with E-state index < -0.39 is 0 Å². The quantitative estimate of drug-likeness (QED) is 0.148. The number of carbonyl (C=O) groups excluding carboxylic acids is 1. The Morgan fingerprint density at radius 2 is 1.75 bits per heavy atom. The van der Waals surface area contributed by atoms with Crippen molar-refractivity contribution in [3.05, 3.63) is 115 Å². The number of carbonyl (C=O) groups is 1. The number of rotatable bonds is 9. The number of ether oxygens (including phenoxy) is 2. The molecular weight excluding hydrogens is 657 g/mol. The van der Waals surface area contributed by atoms with Crippen LogP contribution >= 0.6 is 45.5 Å². The van der Waals surface area contributed by atoms with Crippen molar-refractivity contribution in [2.45, 2.75) is 20.0 Å². The van der Waals surface area contributed by atoms with Gasteiger partial charge in [-0.05, 0) is 77.5 Å². The number of thiophene rings is 1. The van der Waals surface area contributed by atoms with E-state index in [4.69, 9.17) is 26.2 Å². The maximum atomic E-state index is 13.9. The topological polar surface area (TPSA) is 56.6 Å². The molecule has 0 unspecified atom stereocenters. The zero-order valence-corrected chi connectivity index (χ0v) is 26.0. The number of amides is 1. The highest BCUT2D eigenvalue weighted by molar-refractivity contribution is 14.1. The van der Waals surface area contributed by atoms with Crippen molar-refractivity contribution in [3.63, 3.8) is 0 Å². The van der Waals surface area contributed by atoms with Crippen LogP contribution in [0.5, 0.6) is 11.5 Å². The monoisotopic (exact) mass is 683 g/mol. The van der Waals surface area contributed by atoms with Gasteiger partial charge in [0.25, 0.3) is 5.91 Å². The van der Waals surface area contributed by atoms with E-state index in [0.717, 1.165) is 28.1 Å². The van der Waals surface area contributed by atoms with E-state index >= 15 is 0 Å².